The van der Waals surface area contributed by atoms with Gasteiger partial charge in [-0.2, -0.15) is 5.10 Å². The monoisotopic (exact) mass is 283 g/mol. The van der Waals surface area contributed by atoms with Gasteiger partial charge in [0.2, 0.25) is 0 Å². The Bertz CT molecular complexity index is 677. The lowest BCUT2D eigenvalue weighted by Gasteiger charge is -2.10. The number of nitrogens with zero attached hydrogens (tertiary/aromatic N) is 1. The van der Waals surface area contributed by atoms with Gasteiger partial charge in [-0.15, -0.1) is 11.8 Å². The molecule has 3 N–H and O–H groups in total. The molecule has 0 aliphatic carbocycles. The van der Waals surface area contributed by atoms with Crippen molar-refractivity contribution < 1.29 is 8.42 Å². The topological polar surface area (TPSA) is 88.8 Å². The van der Waals surface area contributed by atoms with Crippen molar-refractivity contribution in [1.29, 1.82) is 0 Å². The van der Waals surface area contributed by atoms with E-state index in [1.54, 1.807) is 18.3 Å². The molecule has 96 valence electrons. The lowest BCUT2D eigenvalue weighted by molar-refractivity contribution is 0.600. The van der Waals surface area contributed by atoms with E-state index in [0.29, 0.717) is 21.2 Å². The van der Waals surface area contributed by atoms with Gasteiger partial charge in [-0.25, -0.2) is 8.42 Å². The van der Waals surface area contributed by atoms with Gasteiger partial charge < -0.3 is 5.73 Å². The minimum atomic E-state index is -3.26. The molecule has 0 amide bonds. The third-order valence-electron chi connectivity index (χ3n) is 2.54. The van der Waals surface area contributed by atoms with Gasteiger partial charge >= 0.3 is 0 Å². The van der Waals surface area contributed by atoms with Gasteiger partial charge in [0.1, 0.15) is 5.82 Å². The van der Waals surface area contributed by atoms with E-state index in [4.69, 9.17) is 5.73 Å². The zero-order valence-electron chi connectivity index (χ0n) is 9.97. The number of rotatable bonds is 3. The van der Waals surface area contributed by atoms with E-state index < -0.39 is 9.84 Å². The Hall–Kier alpha value is -1.47. The van der Waals surface area contributed by atoms with E-state index in [-0.39, 0.29) is 0 Å². The standard InChI is InChI=1S/C11H13N3O2S2/c1-17-10-7(8-6-13-14-11(8)12)4-3-5-9(10)18(2,15)16/h3-6H,1-2H3,(H3,12,13,14). The first-order chi connectivity index (χ1) is 8.45. The van der Waals surface area contributed by atoms with Gasteiger partial charge in [0.15, 0.2) is 9.84 Å². The maximum absolute atomic E-state index is 11.8. The number of anilines is 1. The number of benzene rings is 1. The molecule has 0 aliphatic heterocycles. The highest BCUT2D eigenvalue weighted by atomic mass is 32.2. The Morgan fingerprint density at radius 3 is 2.56 bits per heavy atom. The first-order valence-electron chi connectivity index (χ1n) is 5.11. The number of sulfone groups is 1. The summed E-state index contributed by atoms with van der Waals surface area (Å²) >= 11 is 1.38. The Labute approximate surface area is 110 Å². The highest BCUT2D eigenvalue weighted by Crippen LogP contribution is 2.36. The predicted octanol–water partition coefficient (Wildman–Crippen LogP) is 1.78. The van der Waals surface area contributed by atoms with E-state index >= 15 is 0 Å². The number of aromatic nitrogens is 2. The second kappa shape index (κ2) is 4.66. The molecule has 2 aromatic rings. The summed E-state index contributed by atoms with van der Waals surface area (Å²) in [7, 11) is -3.26. The Morgan fingerprint density at radius 2 is 2.06 bits per heavy atom. The number of H-pyrrole nitrogens is 1. The van der Waals surface area contributed by atoms with Crippen molar-refractivity contribution in [1.82, 2.24) is 10.2 Å². The largest absolute Gasteiger partial charge is 0.384 e. The first-order valence-corrected chi connectivity index (χ1v) is 8.23. The fraction of sp³-hybridized carbons (Fsp3) is 0.182. The van der Waals surface area contributed by atoms with Crippen molar-refractivity contribution in [2.24, 2.45) is 0 Å². The molecule has 0 aliphatic rings. The highest BCUT2D eigenvalue weighted by Gasteiger charge is 2.18. The van der Waals surface area contributed by atoms with Crippen molar-refractivity contribution in [3.05, 3.63) is 24.4 Å². The van der Waals surface area contributed by atoms with Gasteiger partial charge in [0.05, 0.1) is 11.1 Å². The molecule has 1 aromatic carbocycles. The summed E-state index contributed by atoms with van der Waals surface area (Å²) in [5.74, 6) is 0.427. The molecular weight excluding hydrogens is 270 g/mol. The number of thioether (sulfide) groups is 1. The van der Waals surface area contributed by atoms with Crippen LogP contribution in [0.3, 0.4) is 0 Å². The normalized spacial score (nSPS) is 11.7. The second-order valence-electron chi connectivity index (χ2n) is 3.81. The van der Waals surface area contributed by atoms with Crippen molar-refractivity contribution in [3.63, 3.8) is 0 Å². The lowest BCUT2D eigenvalue weighted by Crippen LogP contribution is -2.00. The lowest BCUT2D eigenvalue weighted by atomic mass is 10.1. The van der Waals surface area contributed by atoms with Crippen molar-refractivity contribution in [3.8, 4) is 11.1 Å². The minimum Gasteiger partial charge on any atom is -0.384 e. The molecule has 0 fully saturated rings. The molecule has 1 aromatic heterocycles. The fourth-order valence-electron chi connectivity index (χ4n) is 1.74. The summed E-state index contributed by atoms with van der Waals surface area (Å²) in [6, 6.07) is 5.14. The zero-order chi connectivity index (χ0) is 13.3. The molecule has 0 spiro atoms. The Morgan fingerprint density at radius 1 is 1.33 bits per heavy atom. The van der Waals surface area contributed by atoms with Crippen molar-refractivity contribution in [2.75, 3.05) is 18.2 Å². The SMILES string of the molecule is CSc1c(-c2cn[nH]c2N)cccc1S(C)(=O)=O. The van der Waals surface area contributed by atoms with E-state index in [0.717, 1.165) is 5.56 Å². The minimum absolute atomic E-state index is 0.313. The van der Waals surface area contributed by atoms with Crippen LogP contribution in [0.4, 0.5) is 5.82 Å². The number of nitrogens with one attached hydrogen (secondary N) is 1. The van der Waals surface area contributed by atoms with E-state index in [2.05, 4.69) is 10.2 Å². The van der Waals surface area contributed by atoms with Gasteiger partial charge in [-0.05, 0) is 12.3 Å². The summed E-state index contributed by atoms with van der Waals surface area (Å²) in [5.41, 5.74) is 7.27. The van der Waals surface area contributed by atoms with Gasteiger partial charge in [0.25, 0.3) is 0 Å². The number of hydrogen-bond donors (Lipinski definition) is 2. The van der Waals surface area contributed by atoms with E-state index in [1.165, 1.54) is 18.0 Å². The summed E-state index contributed by atoms with van der Waals surface area (Å²) in [6.07, 6.45) is 4.63. The molecule has 2 rings (SSSR count). The van der Waals surface area contributed by atoms with Crippen molar-refractivity contribution >= 4 is 27.4 Å². The molecule has 0 unspecified atom stereocenters. The van der Waals surface area contributed by atoms with Gasteiger partial charge in [-0.1, -0.05) is 12.1 Å². The molecular formula is C11H13N3O2S2. The maximum atomic E-state index is 11.8. The van der Waals surface area contributed by atoms with Crippen LogP contribution in [0.15, 0.2) is 34.2 Å². The number of aromatic amines is 1. The predicted molar refractivity (Wildman–Crippen MR) is 73.3 cm³/mol. The van der Waals surface area contributed by atoms with Crippen LogP contribution in [0, 0.1) is 0 Å². The summed E-state index contributed by atoms with van der Waals surface area (Å²) in [4.78, 5) is 1.00. The average Bonchev–Trinajstić information content (AvgIpc) is 2.73. The van der Waals surface area contributed by atoms with Crippen LogP contribution in [0.1, 0.15) is 0 Å². The van der Waals surface area contributed by atoms with Crippen LogP contribution >= 0.6 is 11.8 Å². The highest BCUT2D eigenvalue weighted by molar-refractivity contribution is 7.99. The number of hydrogen-bond acceptors (Lipinski definition) is 5. The molecule has 7 heteroatoms. The van der Waals surface area contributed by atoms with E-state index in [9.17, 15) is 8.42 Å². The van der Waals surface area contributed by atoms with Gasteiger partial charge in [0, 0.05) is 22.3 Å². The van der Waals surface area contributed by atoms with Crippen LogP contribution in [0.2, 0.25) is 0 Å². The summed E-state index contributed by atoms with van der Waals surface area (Å²) in [6.45, 7) is 0. The third kappa shape index (κ3) is 2.23. The Balaban J connectivity index is 2.74. The molecule has 5 nitrogen and oxygen atoms in total. The molecule has 0 saturated carbocycles. The van der Waals surface area contributed by atoms with Crippen LogP contribution in [0.25, 0.3) is 11.1 Å². The van der Waals surface area contributed by atoms with E-state index in [1.807, 2.05) is 12.3 Å². The number of nitrogens with two attached hydrogens (primary N) is 1. The van der Waals surface area contributed by atoms with Crippen LogP contribution in [-0.2, 0) is 9.84 Å². The molecule has 1 heterocycles. The van der Waals surface area contributed by atoms with Crippen LogP contribution in [0.5, 0.6) is 0 Å². The molecule has 0 bridgehead atoms. The average molecular weight is 283 g/mol. The van der Waals surface area contributed by atoms with Crippen LogP contribution in [-0.4, -0.2) is 31.1 Å². The quantitative estimate of drug-likeness (QED) is 0.838. The smallest absolute Gasteiger partial charge is 0.176 e. The maximum Gasteiger partial charge on any atom is 0.176 e. The second-order valence-corrected chi connectivity index (χ2v) is 6.61. The summed E-state index contributed by atoms with van der Waals surface area (Å²) < 4.78 is 23.5. The third-order valence-corrected chi connectivity index (χ3v) is 4.66. The molecule has 18 heavy (non-hydrogen) atoms. The molecule has 0 saturated heterocycles. The van der Waals surface area contributed by atoms with Gasteiger partial charge in [-0.3, -0.25) is 5.10 Å². The Kier molecular flexibility index (Phi) is 3.36. The summed E-state index contributed by atoms with van der Waals surface area (Å²) in [5, 5.41) is 6.50. The molecule has 0 radical (unpaired) electrons. The fourth-order valence-corrected chi connectivity index (χ4v) is 3.88. The molecule has 0 atom stereocenters. The number of nitrogen functional groups attached to an aromatic ring is 1. The van der Waals surface area contributed by atoms with Crippen molar-refractivity contribution in [2.45, 2.75) is 9.79 Å². The zero-order valence-corrected chi connectivity index (χ0v) is 11.6. The first kappa shape index (κ1) is 13.0. The van der Waals surface area contributed by atoms with Crippen LogP contribution < -0.4 is 5.73 Å².